The van der Waals surface area contributed by atoms with Crippen LogP contribution in [-0.4, -0.2) is 41.9 Å². The smallest absolute Gasteiger partial charge is 0.321 e. The molecule has 0 saturated carbocycles. The molecule has 0 aliphatic carbocycles. The quantitative estimate of drug-likeness (QED) is 0.718. The minimum Gasteiger partial charge on any atom is -0.368 e. The number of benzene rings is 1. The summed E-state index contributed by atoms with van der Waals surface area (Å²) in [6.45, 7) is 2.82. The lowest BCUT2D eigenvalue weighted by atomic mass is 9.93. The molecule has 0 fully saturated rings. The van der Waals surface area contributed by atoms with Gasteiger partial charge in [0.05, 0.1) is 12.6 Å². The van der Waals surface area contributed by atoms with Gasteiger partial charge in [0.15, 0.2) is 0 Å². The molecule has 1 aliphatic rings. The van der Waals surface area contributed by atoms with Crippen LogP contribution in [0.2, 0.25) is 0 Å². The van der Waals surface area contributed by atoms with Crippen LogP contribution < -0.4 is 16.4 Å². The number of amides is 4. The number of hydrogen-bond donors (Lipinski definition) is 3. The number of fused-ring (bicyclic) bond motifs is 1. The van der Waals surface area contributed by atoms with Gasteiger partial charge in [0, 0.05) is 13.1 Å². The molecule has 1 aliphatic heterocycles. The van der Waals surface area contributed by atoms with Crippen molar-refractivity contribution in [3.05, 3.63) is 35.4 Å². The molecule has 0 spiro atoms. The minimum absolute atomic E-state index is 0.0541. The highest BCUT2D eigenvalue weighted by molar-refractivity contribution is 5.95. The number of carbonyl (C=O) groups excluding carboxylic acids is 3. The SMILES string of the molecule is CCCNC(=O)NC(=O)CN1Cc2ccccc2CC1C(N)=O. The number of nitrogens with one attached hydrogen (secondary N) is 2. The van der Waals surface area contributed by atoms with Gasteiger partial charge in [-0.25, -0.2) is 4.79 Å². The molecule has 0 aromatic heterocycles. The highest BCUT2D eigenvalue weighted by Gasteiger charge is 2.31. The Hall–Kier alpha value is -2.41. The zero-order valence-electron chi connectivity index (χ0n) is 13.2. The first kappa shape index (κ1) is 17.0. The van der Waals surface area contributed by atoms with E-state index in [9.17, 15) is 14.4 Å². The fourth-order valence-corrected chi connectivity index (χ4v) is 2.66. The van der Waals surface area contributed by atoms with Crippen molar-refractivity contribution < 1.29 is 14.4 Å². The molecule has 1 heterocycles. The number of imide groups is 1. The maximum atomic E-state index is 12.0. The monoisotopic (exact) mass is 318 g/mol. The summed E-state index contributed by atoms with van der Waals surface area (Å²) in [4.78, 5) is 36.9. The van der Waals surface area contributed by atoms with Crippen molar-refractivity contribution in [2.24, 2.45) is 5.73 Å². The molecule has 23 heavy (non-hydrogen) atoms. The van der Waals surface area contributed by atoms with Crippen LogP contribution >= 0.6 is 0 Å². The van der Waals surface area contributed by atoms with Crippen LogP contribution in [0.3, 0.4) is 0 Å². The third kappa shape index (κ3) is 4.53. The number of hydrogen-bond acceptors (Lipinski definition) is 4. The van der Waals surface area contributed by atoms with Gasteiger partial charge in [0.1, 0.15) is 0 Å². The molecule has 1 atom stereocenters. The Morgan fingerprint density at radius 1 is 1.26 bits per heavy atom. The molecular formula is C16H22N4O3. The lowest BCUT2D eigenvalue weighted by molar-refractivity contribution is -0.127. The largest absolute Gasteiger partial charge is 0.368 e. The molecule has 0 radical (unpaired) electrons. The number of nitrogens with two attached hydrogens (primary N) is 1. The Morgan fingerprint density at radius 3 is 2.61 bits per heavy atom. The summed E-state index contributed by atoms with van der Waals surface area (Å²) in [6.07, 6.45) is 1.26. The van der Waals surface area contributed by atoms with E-state index >= 15 is 0 Å². The Labute approximate surface area is 135 Å². The maximum Gasteiger partial charge on any atom is 0.321 e. The first-order valence-corrected chi connectivity index (χ1v) is 7.69. The van der Waals surface area contributed by atoms with Crippen molar-refractivity contribution in [3.63, 3.8) is 0 Å². The summed E-state index contributed by atoms with van der Waals surface area (Å²) in [5, 5.41) is 4.83. The Bertz CT molecular complexity index is 603. The topological polar surface area (TPSA) is 105 Å². The van der Waals surface area contributed by atoms with Gasteiger partial charge in [-0.1, -0.05) is 31.2 Å². The average molecular weight is 318 g/mol. The van der Waals surface area contributed by atoms with Crippen molar-refractivity contribution in [1.82, 2.24) is 15.5 Å². The molecule has 2 rings (SSSR count). The number of nitrogens with zero attached hydrogens (tertiary/aromatic N) is 1. The Morgan fingerprint density at radius 2 is 1.96 bits per heavy atom. The molecule has 7 heteroatoms. The van der Waals surface area contributed by atoms with Crippen molar-refractivity contribution in [2.75, 3.05) is 13.1 Å². The number of rotatable bonds is 5. The molecule has 1 aromatic carbocycles. The van der Waals surface area contributed by atoms with E-state index in [1.807, 2.05) is 31.2 Å². The van der Waals surface area contributed by atoms with Crippen LogP contribution in [0.5, 0.6) is 0 Å². The Balaban J connectivity index is 2.01. The van der Waals surface area contributed by atoms with E-state index in [1.165, 1.54) is 0 Å². The molecular weight excluding hydrogens is 296 g/mol. The molecule has 1 aromatic rings. The fraction of sp³-hybridized carbons (Fsp3) is 0.438. The predicted molar refractivity (Wildman–Crippen MR) is 85.4 cm³/mol. The molecule has 7 nitrogen and oxygen atoms in total. The van der Waals surface area contributed by atoms with E-state index in [4.69, 9.17) is 5.73 Å². The van der Waals surface area contributed by atoms with E-state index in [-0.39, 0.29) is 6.54 Å². The lowest BCUT2D eigenvalue weighted by Crippen LogP contribution is -2.53. The second-order valence-corrected chi connectivity index (χ2v) is 5.60. The molecule has 0 bridgehead atoms. The predicted octanol–water partition coefficient (Wildman–Crippen LogP) is 0.134. The number of primary amides is 1. The van der Waals surface area contributed by atoms with Crippen molar-refractivity contribution >= 4 is 17.8 Å². The lowest BCUT2D eigenvalue weighted by Gasteiger charge is -2.34. The van der Waals surface area contributed by atoms with E-state index in [0.717, 1.165) is 17.5 Å². The second kappa shape index (κ2) is 7.73. The van der Waals surface area contributed by atoms with Gasteiger partial charge in [-0.3, -0.25) is 19.8 Å². The fourth-order valence-electron chi connectivity index (χ4n) is 2.66. The van der Waals surface area contributed by atoms with Gasteiger partial charge in [0.25, 0.3) is 0 Å². The zero-order chi connectivity index (χ0) is 16.8. The number of urea groups is 1. The summed E-state index contributed by atoms with van der Waals surface area (Å²) in [7, 11) is 0. The van der Waals surface area contributed by atoms with Crippen LogP contribution in [0.15, 0.2) is 24.3 Å². The van der Waals surface area contributed by atoms with Crippen LogP contribution in [-0.2, 0) is 22.6 Å². The third-order valence-corrected chi connectivity index (χ3v) is 3.81. The van der Waals surface area contributed by atoms with E-state index in [0.29, 0.717) is 19.5 Å². The molecule has 124 valence electrons. The van der Waals surface area contributed by atoms with Crippen molar-refractivity contribution in [3.8, 4) is 0 Å². The normalized spacial score (nSPS) is 17.2. The van der Waals surface area contributed by atoms with Crippen LogP contribution in [0.4, 0.5) is 4.79 Å². The van der Waals surface area contributed by atoms with Gasteiger partial charge >= 0.3 is 6.03 Å². The van der Waals surface area contributed by atoms with Gasteiger partial charge in [-0.15, -0.1) is 0 Å². The first-order valence-electron chi connectivity index (χ1n) is 7.69. The summed E-state index contributed by atoms with van der Waals surface area (Å²) in [6, 6.07) is 6.68. The molecule has 4 N–H and O–H groups in total. The second-order valence-electron chi connectivity index (χ2n) is 5.60. The van der Waals surface area contributed by atoms with Crippen LogP contribution in [0.25, 0.3) is 0 Å². The minimum atomic E-state index is -0.547. The standard InChI is InChI=1S/C16H22N4O3/c1-2-7-18-16(23)19-14(21)10-20-9-12-6-4-3-5-11(12)8-13(20)15(17)22/h3-6,13H,2,7-10H2,1H3,(H2,17,22)(H2,18,19,21,23). The van der Waals surface area contributed by atoms with E-state index < -0.39 is 23.9 Å². The Kier molecular flexibility index (Phi) is 5.70. The van der Waals surface area contributed by atoms with Crippen molar-refractivity contribution in [1.29, 1.82) is 0 Å². The van der Waals surface area contributed by atoms with Gasteiger partial charge in [0.2, 0.25) is 11.8 Å². The van der Waals surface area contributed by atoms with Gasteiger partial charge in [-0.2, -0.15) is 0 Å². The highest BCUT2D eigenvalue weighted by atomic mass is 16.2. The van der Waals surface area contributed by atoms with Crippen LogP contribution in [0.1, 0.15) is 24.5 Å². The first-order chi connectivity index (χ1) is 11.0. The third-order valence-electron chi connectivity index (χ3n) is 3.81. The highest BCUT2D eigenvalue weighted by Crippen LogP contribution is 2.22. The molecule has 0 saturated heterocycles. The molecule has 1 unspecified atom stereocenters. The number of carbonyl (C=O) groups is 3. The average Bonchev–Trinajstić information content (AvgIpc) is 2.51. The summed E-state index contributed by atoms with van der Waals surface area (Å²) >= 11 is 0. The van der Waals surface area contributed by atoms with E-state index in [1.54, 1.807) is 4.90 Å². The summed E-state index contributed by atoms with van der Waals surface area (Å²) < 4.78 is 0. The summed E-state index contributed by atoms with van der Waals surface area (Å²) in [5.41, 5.74) is 7.59. The van der Waals surface area contributed by atoms with E-state index in [2.05, 4.69) is 10.6 Å². The van der Waals surface area contributed by atoms with Gasteiger partial charge < -0.3 is 11.1 Å². The van der Waals surface area contributed by atoms with Crippen LogP contribution in [0, 0.1) is 0 Å². The summed E-state index contributed by atoms with van der Waals surface area (Å²) in [5.74, 6) is -0.924. The zero-order valence-corrected chi connectivity index (χ0v) is 13.2. The maximum absolute atomic E-state index is 12.0. The van der Waals surface area contributed by atoms with Crippen molar-refractivity contribution in [2.45, 2.75) is 32.4 Å². The van der Waals surface area contributed by atoms with Gasteiger partial charge in [-0.05, 0) is 24.0 Å². The molecule has 4 amide bonds.